The molecule has 0 amide bonds. The van der Waals surface area contributed by atoms with Crippen molar-refractivity contribution in [1.82, 2.24) is 0 Å². The third-order valence-corrected chi connectivity index (χ3v) is 1.75. The van der Waals surface area contributed by atoms with Gasteiger partial charge in [0.15, 0.2) is 0 Å². The third-order valence-electron chi connectivity index (χ3n) is 1.75. The van der Waals surface area contributed by atoms with E-state index >= 15 is 0 Å². The summed E-state index contributed by atoms with van der Waals surface area (Å²) in [7, 11) is 0. The number of hydrogen-bond acceptors (Lipinski definition) is 4. The van der Waals surface area contributed by atoms with Crippen molar-refractivity contribution in [3.8, 4) is 5.75 Å². The molecule has 0 bridgehead atoms. The van der Waals surface area contributed by atoms with E-state index in [2.05, 4.69) is 6.58 Å². The van der Waals surface area contributed by atoms with Crippen LogP contribution < -0.4 is 4.74 Å². The van der Waals surface area contributed by atoms with Crippen molar-refractivity contribution in [3.05, 3.63) is 54.8 Å². The Morgan fingerprint density at radius 2 is 2.00 bits per heavy atom. The van der Waals surface area contributed by atoms with Crippen LogP contribution in [0.5, 0.6) is 5.75 Å². The van der Waals surface area contributed by atoms with Gasteiger partial charge in [-0.05, 0) is 18.2 Å². The second kappa shape index (κ2) is 6.27. The molecule has 0 aliphatic heterocycles. The first kappa shape index (κ1) is 12.7. The van der Waals surface area contributed by atoms with Crippen LogP contribution in [0.3, 0.4) is 0 Å². The predicted molar refractivity (Wildman–Crippen MR) is 62.5 cm³/mol. The summed E-state index contributed by atoms with van der Waals surface area (Å²) in [5.41, 5.74) is 0.191. The summed E-state index contributed by atoms with van der Waals surface area (Å²) in [4.78, 5) is 22.5. The van der Waals surface area contributed by atoms with Gasteiger partial charge in [-0.15, -0.1) is 0 Å². The molecular formula is C13H12O4. The fraction of sp³-hybridized carbons (Fsp3) is 0.0769. The van der Waals surface area contributed by atoms with Crippen molar-refractivity contribution in [2.24, 2.45) is 0 Å². The normalized spacial score (nSPS) is 9.94. The Hall–Kier alpha value is -2.36. The predicted octanol–water partition coefficient (Wildman–Crippen LogP) is 2.47. The standard InChI is InChI=1S/C13H12O4/c1-3-4-9-16-13(15)11-7-5-6-8-12(11)17-10(2)14/h3-9H,1H2,2H3/b9-4+. The van der Waals surface area contributed by atoms with Crippen molar-refractivity contribution >= 4 is 11.9 Å². The first-order valence-corrected chi connectivity index (χ1v) is 4.91. The summed E-state index contributed by atoms with van der Waals surface area (Å²) in [6.07, 6.45) is 4.16. The van der Waals surface area contributed by atoms with Crippen LogP contribution in [0.2, 0.25) is 0 Å². The van der Waals surface area contributed by atoms with E-state index in [1.165, 1.54) is 37.5 Å². The van der Waals surface area contributed by atoms with Crippen molar-refractivity contribution < 1.29 is 19.1 Å². The second-order valence-electron chi connectivity index (χ2n) is 3.06. The minimum atomic E-state index is -0.597. The molecule has 88 valence electrons. The Labute approximate surface area is 99.2 Å². The van der Waals surface area contributed by atoms with Crippen LogP contribution >= 0.6 is 0 Å². The number of hydrogen-bond donors (Lipinski definition) is 0. The van der Waals surface area contributed by atoms with Gasteiger partial charge in [0.2, 0.25) is 0 Å². The highest BCUT2D eigenvalue weighted by molar-refractivity contribution is 5.93. The summed E-state index contributed by atoms with van der Waals surface area (Å²) in [6.45, 7) is 4.70. The molecule has 1 aromatic rings. The third kappa shape index (κ3) is 3.95. The molecular weight excluding hydrogens is 220 g/mol. The van der Waals surface area contributed by atoms with Crippen molar-refractivity contribution in [2.75, 3.05) is 0 Å². The summed E-state index contributed by atoms with van der Waals surface area (Å²) >= 11 is 0. The van der Waals surface area contributed by atoms with Crippen LogP contribution in [-0.2, 0) is 9.53 Å². The number of esters is 2. The molecule has 0 N–H and O–H groups in total. The van der Waals surface area contributed by atoms with Gasteiger partial charge in [-0.3, -0.25) is 4.79 Å². The van der Waals surface area contributed by atoms with Crippen LogP contribution in [-0.4, -0.2) is 11.9 Å². The van der Waals surface area contributed by atoms with Gasteiger partial charge in [-0.1, -0.05) is 24.8 Å². The van der Waals surface area contributed by atoms with E-state index < -0.39 is 11.9 Å². The molecule has 0 spiro atoms. The Morgan fingerprint density at radius 3 is 2.65 bits per heavy atom. The smallest absolute Gasteiger partial charge is 0.346 e. The lowest BCUT2D eigenvalue weighted by Crippen LogP contribution is -2.08. The number of para-hydroxylation sites is 1. The second-order valence-corrected chi connectivity index (χ2v) is 3.06. The quantitative estimate of drug-likeness (QED) is 0.346. The van der Waals surface area contributed by atoms with Gasteiger partial charge >= 0.3 is 11.9 Å². The van der Waals surface area contributed by atoms with Gasteiger partial charge in [-0.2, -0.15) is 0 Å². The van der Waals surface area contributed by atoms with Crippen molar-refractivity contribution in [1.29, 1.82) is 0 Å². The fourth-order valence-electron chi connectivity index (χ4n) is 1.10. The minimum Gasteiger partial charge on any atom is -0.431 e. The molecule has 4 nitrogen and oxygen atoms in total. The Balaban J connectivity index is 2.88. The molecule has 0 aromatic heterocycles. The van der Waals surface area contributed by atoms with Gasteiger partial charge in [0.1, 0.15) is 11.3 Å². The van der Waals surface area contributed by atoms with E-state index in [4.69, 9.17) is 9.47 Å². The lowest BCUT2D eigenvalue weighted by Gasteiger charge is -2.06. The Kier molecular flexibility index (Phi) is 4.69. The lowest BCUT2D eigenvalue weighted by atomic mass is 10.2. The molecule has 0 saturated heterocycles. The van der Waals surface area contributed by atoms with Crippen molar-refractivity contribution in [3.63, 3.8) is 0 Å². The number of carbonyl (C=O) groups is 2. The highest BCUT2D eigenvalue weighted by Crippen LogP contribution is 2.19. The molecule has 1 aromatic carbocycles. The van der Waals surface area contributed by atoms with E-state index in [0.717, 1.165) is 0 Å². The van der Waals surface area contributed by atoms with Crippen LogP contribution in [0, 0.1) is 0 Å². The van der Waals surface area contributed by atoms with E-state index in [9.17, 15) is 9.59 Å². The highest BCUT2D eigenvalue weighted by atomic mass is 16.5. The van der Waals surface area contributed by atoms with Crippen LogP contribution in [0.4, 0.5) is 0 Å². The van der Waals surface area contributed by atoms with E-state index in [1.807, 2.05) is 0 Å². The number of benzene rings is 1. The first-order chi connectivity index (χ1) is 8.15. The van der Waals surface area contributed by atoms with Gasteiger partial charge < -0.3 is 9.47 Å². The maximum Gasteiger partial charge on any atom is 0.346 e. The average Bonchev–Trinajstić information content (AvgIpc) is 2.29. The monoisotopic (exact) mass is 232 g/mol. The molecule has 0 heterocycles. The average molecular weight is 232 g/mol. The fourth-order valence-corrected chi connectivity index (χ4v) is 1.10. The number of ether oxygens (including phenoxy) is 2. The number of allylic oxidation sites excluding steroid dienone is 2. The number of rotatable bonds is 4. The molecule has 0 unspecified atom stereocenters. The van der Waals surface area contributed by atoms with Gasteiger partial charge in [0.25, 0.3) is 0 Å². The topological polar surface area (TPSA) is 52.6 Å². The zero-order valence-electron chi connectivity index (χ0n) is 9.38. The highest BCUT2D eigenvalue weighted by Gasteiger charge is 2.13. The first-order valence-electron chi connectivity index (χ1n) is 4.91. The van der Waals surface area contributed by atoms with Crippen molar-refractivity contribution in [2.45, 2.75) is 6.92 Å². The lowest BCUT2D eigenvalue weighted by molar-refractivity contribution is -0.131. The molecule has 1 rings (SSSR count). The summed E-state index contributed by atoms with van der Waals surface area (Å²) in [5.74, 6) is -0.913. The zero-order chi connectivity index (χ0) is 12.7. The molecule has 0 aliphatic rings. The Morgan fingerprint density at radius 1 is 1.29 bits per heavy atom. The zero-order valence-corrected chi connectivity index (χ0v) is 9.38. The SMILES string of the molecule is C=C/C=C/OC(=O)c1ccccc1OC(C)=O. The van der Waals surface area contributed by atoms with Crippen LogP contribution in [0.15, 0.2) is 49.3 Å². The summed E-state index contributed by atoms with van der Waals surface area (Å²) in [5, 5.41) is 0. The Bertz CT molecular complexity index is 460. The molecule has 0 atom stereocenters. The largest absolute Gasteiger partial charge is 0.431 e. The van der Waals surface area contributed by atoms with E-state index in [0.29, 0.717) is 0 Å². The molecule has 4 heteroatoms. The maximum absolute atomic E-state index is 11.6. The summed E-state index contributed by atoms with van der Waals surface area (Å²) < 4.78 is 9.70. The minimum absolute atomic E-state index is 0.178. The van der Waals surface area contributed by atoms with E-state index in [1.54, 1.807) is 12.1 Å². The van der Waals surface area contributed by atoms with Gasteiger partial charge in [0.05, 0.1) is 6.26 Å². The maximum atomic E-state index is 11.6. The number of carbonyl (C=O) groups excluding carboxylic acids is 2. The molecule has 0 saturated carbocycles. The molecule has 0 fully saturated rings. The van der Waals surface area contributed by atoms with Gasteiger partial charge in [-0.25, -0.2) is 4.79 Å². The molecule has 0 aliphatic carbocycles. The van der Waals surface area contributed by atoms with E-state index in [-0.39, 0.29) is 11.3 Å². The summed E-state index contributed by atoms with van der Waals surface area (Å²) in [6, 6.07) is 6.35. The molecule has 17 heavy (non-hydrogen) atoms. The van der Waals surface area contributed by atoms with Gasteiger partial charge in [0, 0.05) is 6.92 Å². The van der Waals surface area contributed by atoms with Crippen LogP contribution in [0.25, 0.3) is 0 Å². The molecule has 0 radical (unpaired) electrons. The van der Waals surface area contributed by atoms with Crippen LogP contribution in [0.1, 0.15) is 17.3 Å².